The average molecular weight is 280 g/mol. The van der Waals surface area contributed by atoms with Crippen molar-refractivity contribution in [1.29, 1.82) is 0 Å². The molecule has 2 aliphatic rings. The van der Waals surface area contributed by atoms with E-state index in [9.17, 15) is 4.79 Å². The van der Waals surface area contributed by atoms with Crippen molar-refractivity contribution < 1.29 is 14.3 Å². The lowest BCUT2D eigenvalue weighted by atomic mass is 9.66. The topological polar surface area (TPSA) is 35.5 Å². The van der Waals surface area contributed by atoms with Crippen molar-refractivity contribution in [2.75, 3.05) is 6.61 Å². The highest BCUT2D eigenvalue weighted by Gasteiger charge is 2.51. The third kappa shape index (κ3) is 3.43. The monoisotopic (exact) mass is 280 g/mol. The van der Waals surface area contributed by atoms with Crippen LogP contribution >= 0.6 is 0 Å². The second kappa shape index (κ2) is 6.30. The normalized spacial score (nSPS) is 31.9. The van der Waals surface area contributed by atoms with Gasteiger partial charge in [0.1, 0.15) is 6.10 Å². The summed E-state index contributed by atoms with van der Waals surface area (Å²) >= 11 is 0. The number of hydrogen-bond donors (Lipinski definition) is 0. The van der Waals surface area contributed by atoms with Gasteiger partial charge in [-0.3, -0.25) is 4.79 Å². The maximum Gasteiger partial charge on any atom is 0.309 e. The first kappa shape index (κ1) is 15.6. The Kier molecular flexibility index (Phi) is 4.90. The maximum absolute atomic E-state index is 12.2. The minimum atomic E-state index is -0.0605. The van der Waals surface area contributed by atoms with Crippen LogP contribution in [0.2, 0.25) is 0 Å². The van der Waals surface area contributed by atoms with E-state index in [1.54, 1.807) is 0 Å². The molecule has 0 aromatic rings. The maximum atomic E-state index is 12.2. The van der Waals surface area contributed by atoms with Crippen LogP contribution in [-0.4, -0.2) is 24.8 Å². The van der Waals surface area contributed by atoms with Gasteiger partial charge >= 0.3 is 5.97 Å². The molecule has 3 nitrogen and oxygen atoms in total. The van der Waals surface area contributed by atoms with Crippen molar-refractivity contribution in [3.05, 3.63) is 12.2 Å². The van der Waals surface area contributed by atoms with Crippen molar-refractivity contribution in [1.82, 2.24) is 0 Å². The van der Waals surface area contributed by atoms with E-state index in [-0.39, 0.29) is 29.5 Å². The first-order valence-corrected chi connectivity index (χ1v) is 7.88. The standard InChI is InChI=1S/C17H28O3/c1-12(2)11-19-14-10-15(17(14,3)4)20-16(18)13-8-6-5-7-9-13/h5-6,12-15H,7-11H2,1-4H3/t13-,14-,15+/m1/s1. The second-order valence-electron chi connectivity index (χ2n) is 7.18. The van der Waals surface area contributed by atoms with Crippen LogP contribution in [0.25, 0.3) is 0 Å². The molecular formula is C17H28O3. The molecule has 0 spiro atoms. The summed E-state index contributed by atoms with van der Waals surface area (Å²) < 4.78 is 11.6. The number of hydrogen-bond acceptors (Lipinski definition) is 3. The Morgan fingerprint density at radius 2 is 2.05 bits per heavy atom. The summed E-state index contributed by atoms with van der Waals surface area (Å²) in [5.41, 5.74) is -0.0605. The Hall–Kier alpha value is -0.830. The highest BCUT2D eigenvalue weighted by molar-refractivity contribution is 5.73. The van der Waals surface area contributed by atoms with Crippen molar-refractivity contribution >= 4 is 5.97 Å². The lowest BCUT2D eigenvalue weighted by Gasteiger charge is -2.50. The summed E-state index contributed by atoms with van der Waals surface area (Å²) in [4.78, 5) is 12.2. The predicted molar refractivity (Wildman–Crippen MR) is 79.3 cm³/mol. The van der Waals surface area contributed by atoms with Gasteiger partial charge in [0, 0.05) is 18.4 Å². The Balaban J connectivity index is 1.80. The predicted octanol–water partition coefficient (Wildman–Crippen LogP) is 3.73. The van der Waals surface area contributed by atoms with Crippen LogP contribution in [0.4, 0.5) is 0 Å². The Morgan fingerprint density at radius 1 is 1.30 bits per heavy atom. The van der Waals surface area contributed by atoms with E-state index in [2.05, 4.69) is 39.8 Å². The van der Waals surface area contributed by atoms with E-state index in [4.69, 9.17) is 9.47 Å². The fraction of sp³-hybridized carbons (Fsp3) is 0.824. The summed E-state index contributed by atoms with van der Waals surface area (Å²) in [5.74, 6) is 0.586. The van der Waals surface area contributed by atoms with Crippen LogP contribution in [0.1, 0.15) is 53.4 Å². The summed E-state index contributed by atoms with van der Waals surface area (Å²) in [6.45, 7) is 9.36. The Bertz CT molecular complexity index is 370. The molecule has 0 N–H and O–H groups in total. The van der Waals surface area contributed by atoms with Crippen molar-refractivity contribution in [3.8, 4) is 0 Å². The molecule has 20 heavy (non-hydrogen) atoms. The number of carbonyl (C=O) groups is 1. The molecule has 0 radical (unpaired) electrons. The first-order chi connectivity index (χ1) is 9.41. The quantitative estimate of drug-likeness (QED) is 0.568. The largest absolute Gasteiger partial charge is 0.461 e. The van der Waals surface area contributed by atoms with Crippen LogP contribution in [0.3, 0.4) is 0 Å². The van der Waals surface area contributed by atoms with Crippen molar-refractivity contribution in [3.63, 3.8) is 0 Å². The minimum absolute atomic E-state index is 0.0121. The third-order valence-corrected chi connectivity index (χ3v) is 4.58. The Labute approximate surface area is 122 Å². The van der Waals surface area contributed by atoms with Crippen LogP contribution in [0.15, 0.2) is 12.2 Å². The van der Waals surface area contributed by atoms with E-state index >= 15 is 0 Å². The van der Waals surface area contributed by atoms with Gasteiger partial charge in [-0.05, 0) is 25.2 Å². The molecule has 0 bridgehead atoms. The van der Waals surface area contributed by atoms with Gasteiger partial charge in [-0.25, -0.2) is 0 Å². The molecule has 1 saturated carbocycles. The highest BCUT2D eigenvalue weighted by Crippen LogP contribution is 2.45. The summed E-state index contributed by atoms with van der Waals surface area (Å²) in [7, 11) is 0. The number of esters is 1. The summed E-state index contributed by atoms with van der Waals surface area (Å²) in [5, 5.41) is 0. The number of allylic oxidation sites excluding steroid dienone is 2. The molecule has 0 aromatic carbocycles. The Morgan fingerprint density at radius 3 is 2.60 bits per heavy atom. The van der Waals surface area contributed by atoms with Crippen LogP contribution < -0.4 is 0 Å². The van der Waals surface area contributed by atoms with E-state index in [0.29, 0.717) is 5.92 Å². The number of rotatable bonds is 5. The lowest BCUT2D eigenvalue weighted by molar-refractivity contribution is -0.208. The van der Waals surface area contributed by atoms with E-state index < -0.39 is 0 Å². The molecule has 0 amide bonds. The fourth-order valence-corrected chi connectivity index (χ4v) is 2.88. The molecule has 3 atom stereocenters. The van der Waals surface area contributed by atoms with Crippen LogP contribution in [-0.2, 0) is 14.3 Å². The summed E-state index contributed by atoms with van der Waals surface area (Å²) in [6, 6.07) is 0. The van der Waals surface area contributed by atoms with E-state index in [0.717, 1.165) is 32.3 Å². The zero-order chi connectivity index (χ0) is 14.8. The molecule has 0 aromatic heterocycles. The van der Waals surface area contributed by atoms with Crippen LogP contribution in [0, 0.1) is 17.3 Å². The van der Waals surface area contributed by atoms with Gasteiger partial charge in [0.05, 0.1) is 12.0 Å². The molecule has 2 aliphatic carbocycles. The minimum Gasteiger partial charge on any atom is -0.461 e. The fourth-order valence-electron chi connectivity index (χ4n) is 2.88. The molecule has 0 unspecified atom stereocenters. The molecule has 0 aliphatic heterocycles. The highest BCUT2D eigenvalue weighted by atomic mass is 16.6. The molecule has 0 heterocycles. The van der Waals surface area contributed by atoms with E-state index in [1.807, 2.05) is 0 Å². The van der Waals surface area contributed by atoms with Gasteiger partial charge in [-0.1, -0.05) is 39.8 Å². The molecule has 0 saturated heterocycles. The van der Waals surface area contributed by atoms with Crippen LogP contribution in [0.5, 0.6) is 0 Å². The zero-order valence-corrected chi connectivity index (χ0v) is 13.2. The van der Waals surface area contributed by atoms with Gasteiger partial charge in [-0.15, -0.1) is 0 Å². The van der Waals surface area contributed by atoms with Gasteiger partial charge in [0.25, 0.3) is 0 Å². The van der Waals surface area contributed by atoms with Gasteiger partial charge in [0.15, 0.2) is 0 Å². The molecule has 3 heteroatoms. The van der Waals surface area contributed by atoms with Gasteiger partial charge in [-0.2, -0.15) is 0 Å². The smallest absolute Gasteiger partial charge is 0.309 e. The van der Waals surface area contributed by atoms with Gasteiger partial charge < -0.3 is 9.47 Å². The third-order valence-electron chi connectivity index (χ3n) is 4.58. The number of carbonyl (C=O) groups excluding carboxylic acids is 1. The zero-order valence-electron chi connectivity index (χ0n) is 13.2. The molecular weight excluding hydrogens is 252 g/mol. The lowest BCUT2D eigenvalue weighted by Crippen LogP contribution is -2.57. The average Bonchev–Trinajstić information content (AvgIpc) is 2.42. The van der Waals surface area contributed by atoms with Gasteiger partial charge in [0.2, 0.25) is 0 Å². The molecule has 1 fully saturated rings. The van der Waals surface area contributed by atoms with Crippen molar-refractivity contribution in [2.24, 2.45) is 17.3 Å². The molecule has 114 valence electrons. The summed E-state index contributed by atoms with van der Waals surface area (Å²) in [6.07, 6.45) is 8.06. The second-order valence-corrected chi connectivity index (χ2v) is 7.18. The molecule has 2 rings (SSSR count). The SMILES string of the molecule is CC(C)CO[C@@H]1C[C@H](OC(=O)[C@@H]2CC=CCC2)C1(C)C. The van der Waals surface area contributed by atoms with E-state index in [1.165, 1.54) is 0 Å². The van der Waals surface area contributed by atoms with Crippen molar-refractivity contribution in [2.45, 2.75) is 65.6 Å². The first-order valence-electron chi connectivity index (χ1n) is 7.88. The number of ether oxygens (including phenoxy) is 2.